The Morgan fingerprint density at radius 2 is 1.82 bits per heavy atom. The van der Waals surface area contributed by atoms with E-state index in [4.69, 9.17) is 17.2 Å². The second-order valence-electron chi connectivity index (χ2n) is 5.23. The lowest BCUT2D eigenvalue weighted by atomic mass is 10.0. The van der Waals surface area contributed by atoms with Crippen LogP contribution in [0.3, 0.4) is 0 Å². The summed E-state index contributed by atoms with van der Waals surface area (Å²) in [5, 5.41) is 0. The van der Waals surface area contributed by atoms with Gasteiger partial charge in [-0.2, -0.15) is 4.98 Å². The fourth-order valence-electron chi connectivity index (χ4n) is 2.44. The third-order valence-corrected chi connectivity index (χ3v) is 3.67. The van der Waals surface area contributed by atoms with E-state index in [0.29, 0.717) is 12.2 Å². The molecule has 22 heavy (non-hydrogen) atoms. The van der Waals surface area contributed by atoms with Crippen molar-refractivity contribution in [1.29, 1.82) is 0 Å². The summed E-state index contributed by atoms with van der Waals surface area (Å²) >= 11 is 0. The van der Waals surface area contributed by atoms with E-state index in [0.717, 1.165) is 28.1 Å². The molecule has 0 radical (unpaired) electrons. The topological polar surface area (TPSA) is 109 Å². The zero-order valence-electron chi connectivity index (χ0n) is 12.3. The third kappa shape index (κ3) is 2.58. The number of nitrogens with zero attached hydrogens (tertiary/aromatic N) is 3. The van der Waals surface area contributed by atoms with Crippen LogP contribution in [0.4, 0.5) is 17.5 Å². The molecule has 0 amide bonds. The lowest BCUT2D eigenvalue weighted by Gasteiger charge is -2.13. The van der Waals surface area contributed by atoms with Crippen LogP contribution in [0.2, 0.25) is 0 Å². The van der Waals surface area contributed by atoms with Gasteiger partial charge in [0.25, 0.3) is 0 Å². The number of benzene rings is 1. The molecule has 6 heteroatoms. The molecule has 112 valence electrons. The van der Waals surface area contributed by atoms with Gasteiger partial charge in [-0.3, -0.25) is 0 Å². The largest absolute Gasteiger partial charge is 0.398 e. The molecule has 0 unspecified atom stereocenters. The molecular formula is C16H18N6. The Morgan fingerprint density at radius 3 is 2.50 bits per heavy atom. The minimum Gasteiger partial charge on any atom is -0.398 e. The van der Waals surface area contributed by atoms with Gasteiger partial charge in [-0.1, -0.05) is 0 Å². The van der Waals surface area contributed by atoms with Gasteiger partial charge in [0.2, 0.25) is 5.95 Å². The molecule has 3 aromatic rings. The summed E-state index contributed by atoms with van der Waals surface area (Å²) < 4.78 is 2.04. The molecule has 0 saturated heterocycles. The molecule has 0 aliphatic heterocycles. The fourth-order valence-corrected chi connectivity index (χ4v) is 2.44. The predicted octanol–water partition coefficient (Wildman–Crippen LogP) is 1.91. The van der Waals surface area contributed by atoms with E-state index in [1.54, 1.807) is 6.20 Å². The van der Waals surface area contributed by atoms with Crippen LogP contribution in [-0.4, -0.2) is 14.5 Å². The average Bonchev–Trinajstić information content (AvgIpc) is 2.99. The Bertz CT molecular complexity index is 808. The van der Waals surface area contributed by atoms with Gasteiger partial charge in [0.1, 0.15) is 5.82 Å². The molecule has 0 fully saturated rings. The number of nitrogens with two attached hydrogens (primary N) is 3. The quantitative estimate of drug-likeness (QED) is 0.639. The average molecular weight is 294 g/mol. The third-order valence-electron chi connectivity index (χ3n) is 3.67. The van der Waals surface area contributed by atoms with Crippen LogP contribution in [0.1, 0.15) is 16.7 Å². The zero-order chi connectivity index (χ0) is 15.7. The van der Waals surface area contributed by atoms with Crippen molar-refractivity contribution in [2.45, 2.75) is 13.3 Å². The van der Waals surface area contributed by atoms with Crippen molar-refractivity contribution in [2.75, 3.05) is 17.2 Å². The van der Waals surface area contributed by atoms with Crippen LogP contribution in [0.5, 0.6) is 0 Å². The Balaban J connectivity index is 2.01. The molecule has 0 atom stereocenters. The number of anilines is 3. The Kier molecular flexibility index (Phi) is 3.42. The summed E-state index contributed by atoms with van der Waals surface area (Å²) in [6, 6.07) is 8.02. The van der Waals surface area contributed by atoms with Crippen molar-refractivity contribution in [2.24, 2.45) is 0 Å². The molecular weight excluding hydrogens is 276 g/mol. The van der Waals surface area contributed by atoms with Gasteiger partial charge in [0.05, 0.1) is 5.69 Å². The number of hydrogen-bond donors (Lipinski definition) is 3. The zero-order valence-corrected chi connectivity index (χ0v) is 12.3. The minimum absolute atomic E-state index is 0.178. The standard InChI is InChI=1S/C16H18N6/c1-10-13(17)7-11(8-14(10)22-4-2-3-5-22)6-12-9-20-16(19)21-15(12)18/h2-5,7-9H,6,17H2,1H3,(H4,18,19,20,21). The highest BCUT2D eigenvalue weighted by molar-refractivity contribution is 5.60. The van der Waals surface area contributed by atoms with E-state index < -0.39 is 0 Å². The lowest BCUT2D eigenvalue weighted by molar-refractivity contribution is 1.04. The molecule has 0 spiro atoms. The van der Waals surface area contributed by atoms with Crippen molar-refractivity contribution >= 4 is 17.5 Å². The van der Waals surface area contributed by atoms with E-state index >= 15 is 0 Å². The SMILES string of the molecule is Cc1c(N)cc(Cc2cnc(N)nc2N)cc1-n1cccc1. The number of nitrogen functional groups attached to an aromatic ring is 3. The molecule has 3 rings (SSSR count). The van der Waals surface area contributed by atoms with Gasteiger partial charge in [-0.05, 0) is 42.3 Å². The summed E-state index contributed by atoms with van der Waals surface area (Å²) in [5.41, 5.74) is 22.3. The Hall–Kier alpha value is -3.02. The predicted molar refractivity (Wildman–Crippen MR) is 88.6 cm³/mol. The van der Waals surface area contributed by atoms with Crippen LogP contribution >= 0.6 is 0 Å². The highest BCUT2D eigenvalue weighted by Gasteiger charge is 2.09. The van der Waals surface area contributed by atoms with Gasteiger partial charge in [0, 0.05) is 36.3 Å². The molecule has 0 aliphatic rings. The van der Waals surface area contributed by atoms with Crippen molar-refractivity contribution in [3.8, 4) is 5.69 Å². The maximum absolute atomic E-state index is 6.15. The number of rotatable bonds is 3. The first-order valence-corrected chi connectivity index (χ1v) is 6.94. The van der Waals surface area contributed by atoms with E-state index in [2.05, 4.69) is 16.0 Å². The molecule has 0 aliphatic carbocycles. The molecule has 2 heterocycles. The first kappa shape index (κ1) is 13.9. The summed E-state index contributed by atoms with van der Waals surface area (Å²) in [6.07, 6.45) is 6.24. The summed E-state index contributed by atoms with van der Waals surface area (Å²) in [7, 11) is 0. The van der Waals surface area contributed by atoms with Gasteiger partial charge in [-0.25, -0.2) is 4.98 Å². The van der Waals surface area contributed by atoms with Crippen molar-refractivity contribution in [3.63, 3.8) is 0 Å². The van der Waals surface area contributed by atoms with E-state index in [1.165, 1.54) is 0 Å². The van der Waals surface area contributed by atoms with Crippen molar-refractivity contribution in [3.05, 3.63) is 59.5 Å². The normalized spacial score (nSPS) is 10.8. The maximum Gasteiger partial charge on any atom is 0.221 e. The van der Waals surface area contributed by atoms with Gasteiger partial charge in [-0.15, -0.1) is 0 Å². The first-order valence-electron chi connectivity index (χ1n) is 6.94. The van der Waals surface area contributed by atoms with Crippen LogP contribution < -0.4 is 17.2 Å². The summed E-state index contributed by atoms with van der Waals surface area (Å²) in [5.74, 6) is 0.576. The first-order chi connectivity index (χ1) is 10.5. The fraction of sp³-hybridized carbons (Fsp3) is 0.125. The van der Waals surface area contributed by atoms with Crippen LogP contribution in [0.25, 0.3) is 5.69 Å². The van der Waals surface area contributed by atoms with Gasteiger partial charge in [0.15, 0.2) is 0 Å². The van der Waals surface area contributed by atoms with Crippen LogP contribution in [-0.2, 0) is 6.42 Å². The summed E-state index contributed by atoms with van der Waals surface area (Å²) in [6.45, 7) is 2.01. The maximum atomic E-state index is 6.15. The molecule has 6 N–H and O–H groups in total. The summed E-state index contributed by atoms with van der Waals surface area (Å²) in [4.78, 5) is 7.99. The molecule has 0 bridgehead atoms. The molecule has 0 saturated carbocycles. The molecule has 2 aromatic heterocycles. The highest BCUT2D eigenvalue weighted by Crippen LogP contribution is 2.25. The van der Waals surface area contributed by atoms with Gasteiger partial charge < -0.3 is 21.8 Å². The Morgan fingerprint density at radius 1 is 1.09 bits per heavy atom. The van der Waals surface area contributed by atoms with E-state index in [1.807, 2.05) is 42.1 Å². The Labute approximate surface area is 128 Å². The van der Waals surface area contributed by atoms with Crippen molar-refractivity contribution in [1.82, 2.24) is 14.5 Å². The molecule has 6 nitrogen and oxygen atoms in total. The lowest BCUT2D eigenvalue weighted by Crippen LogP contribution is -2.05. The van der Waals surface area contributed by atoms with E-state index in [9.17, 15) is 0 Å². The number of hydrogen-bond acceptors (Lipinski definition) is 5. The van der Waals surface area contributed by atoms with Crippen LogP contribution in [0.15, 0.2) is 42.9 Å². The van der Waals surface area contributed by atoms with Crippen molar-refractivity contribution < 1.29 is 0 Å². The van der Waals surface area contributed by atoms with E-state index in [-0.39, 0.29) is 5.95 Å². The number of aromatic nitrogens is 3. The monoisotopic (exact) mass is 294 g/mol. The second-order valence-corrected chi connectivity index (χ2v) is 5.23. The molecule has 1 aromatic carbocycles. The van der Waals surface area contributed by atoms with Crippen LogP contribution in [0, 0.1) is 6.92 Å². The second kappa shape index (κ2) is 5.40. The minimum atomic E-state index is 0.178. The smallest absolute Gasteiger partial charge is 0.221 e. The van der Waals surface area contributed by atoms with Gasteiger partial charge >= 0.3 is 0 Å². The highest BCUT2D eigenvalue weighted by atomic mass is 15.0.